The highest BCUT2D eigenvalue weighted by Crippen LogP contribution is 2.40. The van der Waals surface area contributed by atoms with Gasteiger partial charge in [0.15, 0.2) is 6.10 Å². The van der Waals surface area contributed by atoms with Crippen molar-refractivity contribution < 1.29 is 33.3 Å². The van der Waals surface area contributed by atoms with E-state index in [1.54, 1.807) is 13.8 Å². The number of rotatable bonds is 3. The first-order valence-electron chi connectivity index (χ1n) is 6.52. The lowest BCUT2D eigenvalue weighted by Gasteiger charge is -2.49. The molecule has 4 atom stereocenters. The maximum Gasteiger partial charge on any atom is 0.338 e. The zero-order chi connectivity index (χ0) is 15.0. The lowest BCUT2D eigenvalue weighted by molar-refractivity contribution is -0.409. The Hall–Kier alpha value is -1.18. The molecule has 2 fully saturated rings. The van der Waals surface area contributed by atoms with E-state index in [9.17, 15) is 9.59 Å². The van der Waals surface area contributed by atoms with Crippen LogP contribution in [0.3, 0.4) is 0 Å². The Labute approximate surface area is 117 Å². The summed E-state index contributed by atoms with van der Waals surface area (Å²) in [5.41, 5.74) is 0. The molecule has 0 bridgehead atoms. The molecule has 0 aliphatic carbocycles. The molecule has 0 aromatic heterocycles. The first-order valence-corrected chi connectivity index (χ1v) is 6.52. The summed E-state index contributed by atoms with van der Waals surface area (Å²) < 4.78 is 26.6. The number of methoxy groups -OCH3 is 2. The van der Waals surface area contributed by atoms with Gasteiger partial charge in [-0.3, -0.25) is 4.79 Å². The van der Waals surface area contributed by atoms with Crippen molar-refractivity contribution in [1.29, 1.82) is 0 Å². The molecule has 2 aliphatic heterocycles. The number of cyclic esters (lactones) is 2. The van der Waals surface area contributed by atoms with Crippen LogP contribution >= 0.6 is 0 Å². The molecule has 2 aliphatic rings. The van der Waals surface area contributed by atoms with Crippen molar-refractivity contribution in [2.75, 3.05) is 20.8 Å². The second-order valence-corrected chi connectivity index (χ2v) is 5.23. The van der Waals surface area contributed by atoms with Gasteiger partial charge in [0.05, 0.1) is 13.0 Å². The third-order valence-electron chi connectivity index (χ3n) is 4.09. The van der Waals surface area contributed by atoms with Gasteiger partial charge in [-0.15, -0.1) is 0 Å². The second kappa shape index (κ2) is 5.31. The predicted octanol–water partition coefficient (Wildman–Crippen LogP) is 0.607. The van der Waals surface area contributed by atoms with Crippen molar-refractivity contribution in [1.82, 2.24) is 0 Å². The van der Waals surface area contributed by atoms with Gasteiger partial charge in [-0.1, -0.05) is 0 Å². The van der Waals surface area contributed by atoms with Crippen LogP contribution in [0, 0.1) is 5.92 Å². The molecule has 2 rings (SSSR count). The molecule has 114 valence electrons. The van der Waals surface area contributed by atoms with Gasteiger partial charge in [0.2, 0.25) is 5.79 Å². The van der Waals surface area contributed by atoms with Gasteiger partial charge in [-0.25, -0.2) is 4.79 Å². The molecule has 7 nitrogen and oxygen atoms in total. The molecule has 0 amide bonds. The first kappa shape index (κ1) is 15.2. The molecule has 0 spiro atoms. The molecule has 0 aromatic carbocycles. The van der Waals surface area contributed by atoms with E-state index in [0.29, 0.717) is 6.42 Å². The van der Waals surface area contributed by atoms with Gasteiger partial charge in [-0.2, -0.15) is 0 Å². The number of carbonyl (C=O) groups excluding carboxylic acids is 2. The van der Waals surface area contributed by atoms with Gasteiger partial charge in [0.1, 0.15) is 0 Å². The molecule has 20 heavy (non-hydrogen) atoms. The monoisotopic (exact) mass is 288 g/mol. The third-order valence-corrected chi connectivity index (χ3v) is 4.09. The molecule has 0 saturated carbocycles. The van der Waals surface area contributed by atoms with Crippen LogP contribution in [0.5, 0.6) is 0 Å². The Kier molecular flexibility index (Phi) is 4.04. The van der Waals surface area contributed by atoms with E-state index in [2.05, 4.69) is 0 Å². The summed E-state index contributed by atoms with van der Waals surface area (Å²) in [6.07, 6.45) is -0.186. The Morgan fingerprint density at radius 2 is 1.80 bits per heavy atom. The fourth-order valence-corrected chi connectivity index (χ4v) is 2.45. The molecular formula is C13H20O7. The second-order valence-electron chi connectivity index (χ2n) is 5.23. The highest BCUT2D eigenvalue weighted by molar-refractivity contribution is 5.78. The van der Waals surface area contributed by atoms with Gasteiger partial charge in [0, 0.05) is 27.1 Å². The Bertz CT molecular complexity index is 410. The van der Waals surface area contributed by atoms with E-state index in [1.807, 2.05) is 0 Å². The normalized spacial score (nSPS) is 42.0. The lowest BCUT2D eigenvalue weighted by Crippen LogP contribution is -2.65. The van der Waals surface area contributed by atoms with Gasteiger partial charge >= 0.3 is 11.9 Å². The molecule has 0 N–H and O–H groups in total. The highest BCUT2D eigenvalue weighted by atomic mass is 16.8. The van der Waals surface area contributed by atoms with E-state index in [0.717, 1.165) is 0 Å². The highest BCUT2D eigenvalue weighted by Gasteiger charge is 2.59. The minimum Gasteiger partial charge on any atom is -0.466 e. The summed E-state index contributed by atoms with van der Waals surface area (Å²) in [6, 6.07) is 0. The minimum absolute atomic E-state index is 0.128. The number of hydrogen-bond donors (Lipinski definition) is 0. The standard InChI is InChI=1S/C13H20O7/c1-12(16-3)13(2,17-4)20-11(15)10(19-12)8-5-6-18-9(14)7-8/h8,10H,5-7H2,1-4H3/t8-,10+,12-,13-/m1/s1. The van der Waals surface area contributed by atoms with Gasteiger partial charge in [0.25, 0.3) is 5.79 Å². The summed E-state index contributed by atoms with van der Waals surface area (Å²) in [4.78, 5) is 23.5. The Morgan fingerprint density at radius 1 is 1.15 bits per heavy atom. The third kappa shape index (κ3) is 2.41. The summed E-state index contributed by atoms with van der Waals surface area (Å²) in [5, 5.41) is 0. The van der Waals surface area contributed by atoms with Crippen LogP contribution in [0.15, 0.2) is 0 Å². The van der Waals surface area contributed by atoms with E-state index < -0.39 is 23.6 Å². The average molecular weight is 288 g/mol. The van der Waals surface area contributed by atoms with Crippen LogP contribution in [0.25, 0.3) is 0 Å². The zero-order valence-corrected chi connectivity index (χ0v) is 12.1. The van der Waals surface area contributed by atoms with E-state index >= 15 is 0 Å². The van der Waals surface area contributed by atoms with Crippen LogP contribution in [-0.4, -0.2) is 50.4 Å². The molecule has 0 unspecified atom stereocenters. The fourth-order valence-electron chi connectivity index (χ4n) is 2.45. The van der Waals surface area contributed by atoms with E-state index in [4.69, 9.17) is 23.7 Å². The predicted molar refractivity (Wildman–Crippen MR) is 65.5 cm³/mol. The van der Waals surface area contributed by atoms with Crippen molar-refractivity contribution >= 4 is 11.9 Å². The summed E-state index contributed by atoms with van der Waals surface area (Å²) in [6.45, 7) is 3.48. The topological polar surface area (TPSA) is 80.3 Å². The Balaban J connectivity index is 2.20. The maximum absolute atomic E-state index is 12.1. The number of carbonyl (C=O) groups is 2. The number of esters is 2. The van der Waals surface area contributed by atoms with E-state index in [-0.39, 0.29) is 24.9 Å². The molecule has 0 radical (unpaired) electrons. The van der Waals surface area contributed by atoms with Gasteiger partial charge < -0.3 is 23.7 Å². The zero-order valence-electron chi connectivity index (χ0n) is 12.1. The summed E-state index contributed by atoms with van der Waals surface area (Å²) in [5.74, 6) is -3.76. The van der Waals surface area contributed by atoms with Crippen LogP contribution in [0.1, 0.15) is 26.7 Å². The van der Waals surface area contributed by atoms with E-state index in [1.165, 1.54) is 14.2 Å². The first-order chi connectivity index (χ1) is 9.35. The lowest BCUT2D eigenvalue weighted by atomic mass is 9.91. The summed E-state index contributed by atoms with van der Waals surface area (Å²) >= 11 is 0. The fraction of sp³-hybridized carbons (Fsp3) is 0.846. The van der Waals surface area contributed by atoms with Crippen molar-refractivity contribution in [3.05, 3.63) is 0 Å². The van der Waals surface area contributed by atoms with Crippen LogP contribution in [-0.2, 0) is 33.3 Å². The maximum atomic E-state index is 12.1. The SMILES string of the molecule is CO[C@]1(C)OC(=O)[C@H]([C@@H]2CCOC(=O)C2)O[C@@]1(C)OC. The molecule has 2 heterocycles. The Morgan fingerprint density at radius 3 is 2.35 bits per heavy atom. The average Bonchev–Trinajstić information content (AvgIpc) is 2.43. The minimum atomic E-state index is -1.34. The smallest absolute Gasteiger partial charge is 0.338 e. The molecule has 0 aromatic rings. The molecule has 2 saturated heterocycles. The van der Waals surface area contributed by atoms with Crippen LogP contribution in [0.2, 0.25) is 0 Å². The van der Waals surface area contributed by atoms with Crippen molar-refractivity contribution in [2.24, 2.45) is 5.92 Å². The molecular weight excluding hydrogens is 268 g/mol. The van der Waals surface area contributed by atoms with Crippen molar-refractivity contribution in [3.63, 3.8) is 0 Å². The molecule has 7 heteroatoms. The van der Waals surface area contributed by atoms with Crippen LogP contribution < -0.4 is 0 Å². The largest absolute Gasteiger partial charge is 0.466 e. The van der Waals surface area contributed by atoms with Crippen LogP contribution in [0.4, 0.5) is 0 Å². The quantitative estimate of drug-likeness (QED) is 0.704. The number of ether oxygens (including phenoxy) is 5. The number of hydrogen-bond acceptors (Lipinski definition) is 7. The van der Waals surface area contributed by atoms with Crippen molar-refractivity contribution in [2.45, 2.75) is 44.4 Å². The van der Waals surface area contributed by atoms with Crippen molar-refractivity contribution in [3.8, 4) is 0 Å². The summed E-state index contributed by atoms with van der Waals surface area (Å²) in [7, 11) is 2.86. The van der Waals surface area contributed by atoms with Gasteiger partial charge in [-0.05, 0) is 13.3 Å².